The van der Waals surface area contributed by atoms with Gasteiger partial charge >= 0.3 is 6.03 Å². The van der Waals surface area contributed by atoms with E-state index in [9.17, 15) is 14.4 Å². The van der Waals surface area contributed by atoms with Crippen LogP contribution in [-0.2, 0) is 16.1 Å². The van der Waals surface area contributed by atoms with Crippen molar-refractivity contribution in [2.24, 2.45) is 0 Å². The Kier molecular flexibility index (Phi) is 4.84. The van der Waals surface area contributed by atoms with E-state index in [0.717, 1.165) is 5.56 Å². The van der Waals surface area contributed by atoms with Crippen LogP contribution in [0.4, 0.5) is 16.2 Å². The maximum atomic E-state index is 12.1. The number of hydrogen-bond acceptors (Lipinski definition) is 5. The average molecular weight is 381 g/mol. The third kappa shape index (κ3) is 3.75. The van der Waals surface area contributed by atoms with Gasteiger partial charge in [0.25, 0.3) is 0 Å². The predicted octanol–water partition coefficient (Wildman–Crippen LogP) is 2.78. The first-order valence-electron chi connectivity index (χ1n) is 8.99. The fraction of sp³-hybridized carbons (Fsp3) is 0.250. The molecule has 2 N–H and O–H groups in total. The van der Waals surface area contributed by atoms with Gasteiger partial charge in [-0.1, -0.05) is 6.07 Å². The number of fused-ring (bicyclic) bond motifs is 1. The Morgan fingerprint density at radius 1 is 0.964 bits per heavy atom. The first-order valence-corrected chi connectivity index (χ1v) is 8.99. The highest BCUT2D eigenvalue weighted by Gasteiger charge is 2.27. The van der Waals surface area contributed by atoms with Crippen LogP contribution < -0.4 is 25.0 Å². The quantitative estimate of drug-likeness (QED) is 0.794. The number of anilines is 2. The maximum Gasteiger partial charge on any atom is 0.319 e. The Morgan fingerprint density at radius 2 is 1.68 bits per heavy atom. The highest BCUT2D eigenvalue weighted by molar-refractivity contribution is 6.16. The monoisotopic (exact) mass is 381 g/mol. The zero-order valence-electron chi connectivity index (χ0n) is 15.1. The lowest BCUT2D eigenvalue weighted by molar-refractivity contribution is -0.129. The summed E-state index contributed by atoms with van der Waals surface area (Å²) in [6, 6.07) is 11.7. The van der Waals surface area contributed by atoms with Crippen LogP contribution in [0.1, 0.15) is 24.8 Å². The summed E-state index contributed by atoms with van der Waals surface area (Å²) in [5, 5.41) is 5.49. The molecule has 1 fully saturated rings. The summed E-state index contributed by atoms with van der Waals surface area (Å²) in [6.07, 6.45) is 1.33. The molecular formula is C20H19N3O5. The molecule has 1 saturated heterocycles. The van der Waals surface area contributed by atoms with Gasteiger partial charge in [0.2, 0.25) is 18.6 Å². The zero-order valence-corrected chi connectivity index (χ0v) is 15.1. The molecule has 0 unspecified atom stereocenters. The summed E-state index contributed by atoms with van der Waals surface area (Å²) in [4.78, 5) is 37.2. The standard InChI is InChI=1S/C20H19N3O5/c24-18-2-1-3-19(25)23(18)15-7-5-14(6-8-15)22-20(26)21-11-13-4-9-16-17(10-13)28-12-27-16/h4-10H,1-3,11-12H2,(H2,21,22,26). The second-order valence-electron chi connectivity index (χ2n) is 6.52. The number of piperidine rings is 1. The van der Waals surface area contributed by atoms with E-state index in [0.29, 0.717) is 48.7 Å². The number of ether oxygens (including phenoxy) is 2. The van der Waals surface area contributed by atoms with Crippen molar-refractivity contribution in [3.8, 4) is 11.5 Å². The number of rotatable bonds is 4. The molecule has 8 heteroatoms. The van der Waals surface area contributed by atoms with Crippen LogP contribution in [0.25, 0.3) is 0 Å². The summed E-state index contributed by atoms with van der Waals surface area (Å²) < 4.78 is 10.6. The second kappa shape index (κ2) is 7.59. The minimum absolute atomic E-state index is 0.196. The SMILES string of the molecule is O=C(NCc1ccc2c(c1)OCO2)Nc1ccc(N2C(=O)CCCC2=O)cc1. The summed E-state index contributed by atoms with van der Waals surface area (Å²) in [7, 11) is 0. The van der Waals surface area contributed by atoms with Crippen molar-refractivity contribution in [3.63, 3.8) is 0 Å². The molecule has 2 aliphatic rings. The number of benzene rings is 2. The molecule has 4 amide bonds. The number of nitrogens with zero attached hydrogens (tertiary/aromatic N) is 1. The van der Waals surface area contributed by atoms with Crippen molar-refractivity contribution in [1.82, 2.24) is 5.32 Å². The second-order valence-corrected chi connectivity index (χ2v) is 6.52. The van der Waals surface area contributed by atoms with E-state index in [1.807, 2.05) is 12.1 Å². The van der Waals surface area contributed by atoms with Crippen LogP contribution in [0.15, 0.2) is 42.5 Å². The van der Waals surface area contributed by atoms with Gasteiger partial charge in [-0.15, -0.1) is 0 Å². The first kappa shape index (κ1) is 17.8. The van der Waals surface area contributed by atoms with Crippen LogP contribution >= 0.6 is 0 Å². The molecule has 0 aliphatic carbocycles. The van der Waals surface area contributed by atoms with Crippen LogP contribution in [0.5, 0.6) is 11.5 Å². The fourth-order valence-electron chi connectivity index (χ4n) is 3.14. The molecule has 0 spiro atoms. The van der Waals surface area contributed by atoms with Gasteiger partial charge in [0, 0.05) is 25.1 Å². The Morgan fingerprint density at radius 3 is 2.43 bits per heavy atom. The van der Waals surface area contributed by atoms with E-state index in [4.69, 9.17) is 9.47 Å². The lowest BCUT2D eigenvalue weighted by atomic mass is 10.1. The molecular weight excluding hydrogens is 362 g/mol. The molecule has 28 heavy (non-hydrogen) atoms. The van der Waals surface area contributed by atoms with Crippen molar-refractivity contribution in [1.29, 1.82) is 0 Å². The summed E-state index contributed by atoms with van der Waals surface area (Å²) >= 11 is 0. The first-order chi connectivity index (χ1) is 13.6. The van der Waals surface area contributed by atoms with E-state index in [1.165, 1.54) is 4.90 Å². The number of hydrogen-bond donors (Lipinski definition) is 2. The third-order valence-corrected chi connectivity index (χ3v) is 4.55. The highest BCUT2D eigenvalue weighted by Crippen LogP contribution is 2.32. The van der Waals surface area contributed by atoms with Crippen LogP contribution in [0.3, 0.4) is 0 Å². The molecule has 0 radical (unpaired) electrons. The normalized spacial score (nSPS) is 15.5. The lowest BCUT2D eigenvalue weighted by Crippen LogP contribution is -2.40. The average Bonchev–Trinajstić information content (AvgIpc) is 3.15. The van der Waals surface area contributed by atoms with Crippen molar-refractivity contribution in [2.75, 3.05) is 17.0 Å². The highest BCUT2D eigenvalue weighted by atomic mass is 16.7. The molecule has 8 nitrogen and oxygen atoms in total. The van der Waals surface area contributed by atoms with Gasteiger partial charge in [-0.25, -0.2) is 4.79 Å². The van der Waals surface area contributed by atoms with E-state index in [1.54, 1.807) is 30.3 Å². The minimum atomic E-state index is -0.365. The molecule has 2 heterocycles. The molecule has 0 aromatic heterocycles. The molecule has 0 atom stereocenters. The molecule has 2 aromatic carbocycles. The number of imide groups is 1. The predicted molar refractivity (Wildman–Crippen MR) is 101 cm³/mol. The van der Waals surface area contributed by atoms with Crippen molar-refractivity contribution in [3.05, 3.63) is 48.0 Å². The van der Waals surface area contributed by atoms with E-state index in [2.05, 4.69) is 10.6 Å². The third-order valence-electron chi connectivity index (χ3n) is 4.55. The smallest absolute Gasteiger partial charge is 0.319 e. The molecule has 4 rings (SSSR count). The van der Waals surface area contributed by atoms with Crippen LogP contribution in [0.2, 0.25) is 0 Å². The molecule has 0 bridgehead atoms. The minimum Gasteiger partial charge on any atom is -0.454 e. The van der Waals surface area contributed by atoms with Gasteiger partial charge in [0.15, 0.2) is 11.5 Å². The van der Waals surface area contributed by atoms with Crippen LogP contribution in [-0.4, -0.2) is 24.6 Å². The number of carbonyl (C=O) groups is 3. The van der Waals surface area contributed by atoms with E-state index >= 15 is 0 Å². The Hall–Kier alpha value is -3.55. The van der Waals surface area contributed by atoms with Gasteiger partial charge in [-0.3, -0.25) is 14.5 Å². The van der Waals surface area contributed by atoms with Gasteiger partial charge in [0.1, 0.15) is 0 Å². The fourth-order valence-corrected chi connectivity index (χ4v) is 3.14. The number of amides is 4. The van der Waals surface area contributed by atoms with Crippen molar-refractivity contribution >= 4 is 29.2 Å². The van der Waals surface area contributed by atoms with E-state index < -0.39 is 0 Å². The number of urea groups is 1. The van der Waals surface area contributed by atoms with Crippen molar-refractivity contribution in [2.45, 2.75) is 25.8 Å². The Balaban J connectivity index is 1.33. The topological polar surface area (TPSA) is 97.0 Å². The van der Waals surface area contributed by atoms with Crippen molar-refractivity contribution < 1.29 is 23.9 Å². The molecule has 2 aromatic rings. The largest absolute Gasteiger partial charge is 0.454 e. The van der Waals surface area contributed by atoms with Gasteiger partial charge in [-0.05, 0) is 48.4 Å². The Bertz CT molecular complexity index is 910. The summed E-state index contributed by atoms with van der Waals surface area (Å²) in [5.41, 5.74) is 1.96. The maximum absolute atomic E-state index is 12.1. The summed E-state index contributed by atoms with van der Waals surface area (Å²) in [6.45, 7) is 0.536. The molecule has 2 aliphatic heterocycles. The van der Waals surface area contributed by atoms with Crippen LogP contribution in [0, 0.1) is 0 Å². The van der Waals surface area contributed by atoms with Gasteiger partial charge < -0.3 is 20.1 Å². The number of nitrogens with one attached hydrogen (secondary N) is 2. The van der Waals surface area contributed by atoms with Gasteiger partial charge in [-0.2, -0.15) is 0 Å². The lowest BCUT2D eigenvalue weighted by Gasteiger charge is -2.24. The molecule has 0 saturated carbocycles. The molecule has 144 valence electrons. The van der Waals surface area contributed by atoms with Gasteiger partial charge in [0.05, 0.1) is 5.69 Å². The summed E-state index contributed by atoms with van der Waals surface area (Å²) in [5.74, 6) is 0.966. The van der Waals surface area contributed by atoms with E-state index in [-0.39, 0.29) is 24.6 Å². The Labute approximate surface area is 161 Å². The number of carbonyl (C=O) groups excluding carboxylic acids is 3. The zero-order chi connectivity index (χ0) is 19.5.